The number of nitrogens with two attached hydrogens (primary N) is 1. The van der Waals surface area contributed by atoms with Crippen LogP contribution in [0.1, 0.15) is 56.0 Å². The zero-order valence-electron chi connectivity index (χ0n) is 16.3. The van der Waals surface area contributed by atoms with E-state index in [2.05, 4.69) is 5.32 Å². The van der Waals surface area contributed by atoms with E-state index in [1.807, 2.05) is 44.7 Å². The lowest BCUT2D eigenvalue weighted by atomic mass is 9.93. The minimum atomic E-state index is -0.476. The number of alkyl carbamates (subject to hydrolysis) is 1. The van der Waals surface area contributed by atoms with E-state index in [9.17, 15) is 9.59 Å². The van der Waals surface area contributed by atoms with Crippen LogP contribution in [0.25, 0.3) is 0 Å². The van der Waals surface area contributed by atoms with Gasteiger partial charge in [0.25, 0.3) is 5.91 Å². The number of hydrogen-bond acceptors (Lipinski definition) is 4. The van der Waals surface area contributed by atoms with E-state index in [0.717, 1.165) is 43.5 Å². The number of carbonyl (C=O) groups is 2. The molecule has 0 spiro atoms. The molecule has 0 atom stereocenters. The van der Waals surface area contributed by atoms with Crippen molar-refractivity contribution < 1.29 is 14.3 Å². The van der Waals surface area contributed by atoms with Crippen molar-refractivity contribution in [3.05, 3.63) is 29.3 Å². The van der Waals surface area contributed by atoms with Gasteiger partial charge < -0.3 is 20.7 Å². The third-order valence-electron chi connectivity index (χ3n) is 4.60. The Balaban J connectivity index is 1.75. The molecule has 1 heterocycles. The first-order valence-corrected chi connectivity index (χ1v) is 9.28. The molecule has 1 aliphatic heterocycles. The lowest BCUT2D eigenvalue weighted by molar-refractivity contribution is 0.0522. The summed E-state index contributed by atoms with van der Waals surface area (Å²) < 4.78 is 5.23. The molecule has 144 valence electrons. The zero-order chi connectivity index (χ0) is 19.3. The van der Waals surface area contributed by atoms with Gasteiger partial charge >= 0.3 is 6.09 Å². The summed E-state index contributed by atoms with van der Waals surface area (Å²) in [7, 11) is 0. The molecular formula is C20H31N3O3. The van der Waals surface area contributed by atoms with Crippen LogP contribution in [-0.4, -0.2) is 42.1 Å². The predicted octanol–water partition coefficient (Wildman–Crippen LogP) is 3.34. The van der Waals surface area contributed by atoms with Crippen LogP contribution in [0.2, 0.25) is 0 Å². The Morgan fingerprint density at radius 2 is 1.92 bits per heavy atom. The van der Waals surface area contributed by atoms with Gasteiger partial charge in [-0.3, -0.25) is 4.79 Å². The van der Waals surface area contributed by atoms with Crippen molar-refractivity contribution in [2.75, 3.05) is 25.4 Å². The molecule has 1 aliphatic rings. The zero-order valence-corrected chi connectivity index (χ0v) is 16.3. The molecule has 3 N–H and O–H groups in total. The standard InChI is InChI=1S/C20H31N3O3/c1-14-13-16(21)5-6-17(14)18(24)23-11-8-15(9-12-23)7-10-22-19(25)26-20(2,3)4/h5-6,13,15H,7-12,21H2,1-4H3,(H,22,25). The van der Waals surface area contributed by atoms with E-state index in [4.69, 9.17) is 10.5 Å². The molecule has 0 aromatic heterocycles. The van der Waals surface area contributed by atoms with Crippen LogP contribution < -0.4 is 11.1 Å². The van der Waals surface area contributed by atoms with Crippen molar-refractivity contribution >= 4 is 17.7 Å². The molecule has 1 saturated heterocycles. The molecule has 1 aromatic carbocycles. The molecule has 6 heteroatoms. The normalized spacial score (nSPS) is 15.6. The van der Waals surface area contributed by atoms with Gasteiger partial charge in [-0.15, -0.1) is 0 Å². The third-order valence-corrected chi connectivity index (χ3v) is 4.60. The molecule has 0 aliphatic carbocycles. The maximum absolute atomic E-state index is 12.7. The Hall–Kier alpha value is -2.24. The predicted molar refractivity (Wildman–Crippen MR) is 103 cm³/mol. The molecule has 2 rings (SSSR count). The van der Waals surface area contributed by atoms with E-state index < -0.39 is 5.60 Å². The minimum absolute atomic E-state index is 0.0767. The number of aryl methyl sites for hydroxylation is 1. The highest BCUT2D eigenvalue weighted by molar-refractivity contribution is 5.96. The van der Waals surface area contributed by atoms with Gasteiger partial charge in [-0.2, -0.15) is 0 Å². The molecule has 6 nitrogen and oxygen atoms in total. The first-order chi connectivity index (χ1) is 12.2. The number of benzene rings is 1. The highest BCUT2D eigenvalue weighted by Gasteiger charge is 2.24. The van der Waals surface area contributed by atoms with Gasteiger partial charge in [-0.05, 0) is 76.6 Å². The maximum atomic E-state index is 12.7. The molecule has 1 fully saturated rings. The summed E-state index contributed by atoms with van der Waals surface area (Å²) in [6.45, 7) is 9.56. The van der Waals surface area contributed by atoms with Crippen molar-refractivity contribution in [2.24, 2.45) is 5.92 Å². The molecule has 1 aromatic rings. The number of rotatable bonds is 4. The summed E-state index contributed by atoms with van der Waals surface area (Å²) in [5.41, 5.74) is 7.60. The fourth-order valence-electron chi connectivity index (χ4n) is 3.21. The number of nitrogen functional groups attached to an aromatic ring is 1. The second-order valence-electron chi connectivity index (χ2n) is 8.03. The van der Waals surface area contributed by atoms with Gasteiger partial charge in [0.15, 0.2) is 0 Å². The number of likely N-dealkylation sites (tertiary alicyclic amines) is 1. The monoisotopic (exact) mass is 361 g/mol. The molecule has 2 amide bonds. The number of anilines is 1. The van der Waals surface area contributed by atoms with Gasteiger partial charge in [0.1, 0.15) is 5.60 Å². The SMILES string of the molecule is Cc1cc(N)ccc1C(=O)N1CCC(CCNC(=O)OC(C)(C)C)CC1. The van der Waals surface area contributed by atoms with Gasteiger partial charge in [0.05, 0.1) is 0 Å². The Morgan fingerprint density at radius 3 is 2.50 bits per heavy atom. The summed E-state index contributed by atoms with van der Waals surface area (Å²) in [6.07, 6.45) is 2.44. The molecule has 26 heavy (non-hydrogen) atoms. The summed E-state index contributed by atoms with van der Waals surface area (Å²) in [5, 5.41) is 2.81. The molecular weight excluding hydrogens is 330 g/mol. The smallest absolute Gasteiger partial charge is 0.407 e. The first-order valence-electron chi connectivity index (χ1n) is 9.28. The topological polar surface area (TPSA) is 84.7 Å². The van der Waals surface area contributed by atoms with E-state index in [1.165, 1.54) is 0 Å². The van der Waals surface area contributed by atoms with Crippen molar-refractivity contribution in [1.82, 2.24) is 10.2 Å². The number of nitrogens with zero attached hydrogens (tertiary/aromatic N) is 1. The number of ether oxygens (including phenoxy) is 1. The highest BCUT2D eigenvalue weighted by atomic mass is 16.6. The Kier molecular flexibility index (Phi) is 6.51. The quantitative estimate of drug-likeness (QED) is 0.806. The lowest BCUT2D eigenvalue weighted by Gasteiger charge is -2.32. The van der Waals surface area contributed by atoms with E-state index >= 15 is 0 Å². The van der Waals surface area contributed by atoms with Crippen molar-refractivity contribution in [3.8, 4) is 0 Å². The molecule has 0 bridgehead atoms. The average Bonchev–Trinajstić information content (AvgIpc) is 2.53. The number of carbonyl (C=O) groups excluding carboxylic acids is 2. The minimum Gasteiger partial charge on any atom is -0.444 e. The second kappa shape index (κ2) is 8.43. The summed E-state index contributed by atoms with van der Waals surface area (Å²) in [6, 6.07) is 5.42. The van der Waals surface area contributed by atoms with Crippen LogP contribution in [0.4, 0.5) is 10.5 Å². The highest BCUT2D eigenvalue weighted by Crippen LogP contribution is 2.23. The van der Waals surface area contributed by atoms with Gasteiger partial charge in [0.2, 0.25) is 0 Å². The average molecular weight is 361 g/mol. The first kappa shape index (κ1) is 20.1. The van der Waals surface area contributed by atoms with E-state index in [-0.39, 0.29) is 12.0 Å². The fraction of sp³-hybridized carbons (Fsp3) is 0.600. The van der Waals surface area contributed by atoms with Crippen LogP contribution in [0.3, 0.4) is 0 Å². The summed E-state index contributed by atoms with van der Waals surface area (Å²) in [4.78, 5) is 26.3. The van der Waals surface area contributed by atoms with Crippen LogP contribution >= 0.6 is 0 Å². The summed E-state index contributed by atoms with van der Waals surface area (Å²) in [5.74, 6) is 0.592. The Morgan fingerprint density at radius 1 is 1.27 bits per heavy atom. The Labute approximate surface area is 156 Å². The van der Waals surface area contributed by atoms with Crippen LogP contribution in [0.15, 0.2) is 18.2 Å². The van der Waals surface area contributed by atoms with Crippen molar-refractivity contribution in [3.63, 3.8) is 0 Å². The van der Waals surface area contributed by atoms with Crippen molar-refractivity contribution in [1.29, 1.82) is 0 Å². The van der Waals surface area contributed by atoms with E-state index in [1.54, 1.807) is 6.07 Å². The summed E-state index contributed by atoms with van der Waals surface area (Å²) >= 11 is 0. The number of piperidine rings is 1. The molecule has 0 unspecified atom stereocenters. The van der Waals surface area contributed by atoms with Gasteiger partial charge in [-0.1, -0.05) is 0 Å². The number of nitrogens with one attached hydrogen (secondary N) is 1. The third kappa shape index (κ3) is 5.93. The van der Waals surface area contributed by atoms with Crippen LogP contribution in [-0.2, 0) is 4.74 Å². The Bertz CT molecular complexity index is 644. The second-order valence-corrected chi connectivity index (χ2v) is 8.03. The van der Waals surface area contributed by atoms with Gasteiger partial charge in [0, 0.05) is 30.9 Å². The lowest BCUT2D eigenvalue weighted by Crippen LogP contribution is -2.39. The molecule has 0 saturated carbocycles. The fourth-order valence-corrected chi connectivity index (χ4v) is 3.21. The number of hydrogen-bond donors (Lipinski definition) is 2. The largest absolute Gasteiger partial charge is 0.444 e. The maximum Gasteiger partial charge on any atom is 0.407 e. The van der Waals surface area contributed by atoms with Gasteiger partial charge in [-0.25, -0.2) is 4.79 Å². The van der Waals surface area contributed by atoms with Crippen molar-refractivity contribution in [2.45, 2.75) is 52.6 Å². The van der Waals surface area contributed by atoms with E-state index in [0.29, 0.717) is 18.2 Å². The molecule has 0 radical (unpaired) electrons. The van der Waals surface area contributed by atoms with Crippen LogP contribution in [0.5, 0.6) is 0 Å². The number of amides is 2. The van der Waals surface area contributed by atoms with Crippen LogP contribution in [0, 0.1) is 12.8 Å².